The number of ketones is 1. The van der Waals surface area contributed by atoms with Gasteiger partial charge in [-0.25, -0.2) is 0 Å². The molecule has 4 aromatic heterocycles. The molecule has 1 N–H and O–H groups in total. The van der Waals surface area contributed by atoms with Crippen molar-refractivity contribution in [2.75, 3.05) is 13.2 Å². The van der Waals surface area contributed by atoms with Crippen LogP contribution in [-0.2, 0) is 50.2 Å². The molecule has 4 rings (SSSR count). The van der Waals surface area contributed by atoms with Gasteiger partial charge in [-0.15, -0.1) is 0 Å². The molecule has 10 nitrogen and oxygen atoms in total. The number of carbonyl (C=O) groups excluding carboxylic acids is 1. The lowest BCUT2D eigenvalue weighted by atomic mass is 10.0. The van der Waals surface area contributed by atoms with E-state index in [1.54, 1.807) is 73.8 Å². The Kier molecular flexibility index (Phi) is 11.8. The minimum absolute atomic E-state index is 0.0976. The fourth-order valence-corrected chi connectivity index (χ4v) is 3.88. The Morgan fingerprint density at radius 1 is 0.650 bits per heavy atom. The van der Waals surface area contributed by atoms with Crippen LogP contribution >= 0.6 is 0 Å². The molecule has 4 aromatic rings. The molecule has 208 valence electrons. The Hall–Kier alpha value is -3.93. The molecule has 0 spiro atoms. The smallest absolute Gasteiger partial charge is 0.189 e. The molecule has 0 radical (unpaired) electrons. The van der Waals surface area contributed by atoms with Gasteiger partial charge >= 0.3 is 0 Å². The number of nitrogens with zero attached hydrogens (tertiary/aromatic N) is 4. The van der Waals surface area contributed by atoms with E-state index in [-0.39, 0.29) is 38.8 Å². The van der Waals surface area contributed by atoms with Gasteiger partial charge in [-0.2, -0.15) is 0 Å². The van der Waals surface area contributed by atoms with E-state index in [0.717, 1.165) is 22.3 Å². The molecular weight excluding hydrogens is 512 g/mol. The maximum absolute atomic E-state index is 13.6. The van der Waals surface area contributed by atoms with Gasteiger partial charge in [0.25, 0.3) is 0 Å². The SMILES string of the molecule is O=C(COCc1cccnc1)[C@@H](OCc1cccnc1)[C@H](OCc1cccnc1)[C@@H](CO)OCc1cccnc1. The lowest BCUT2D eigenvalue weighted by Gasteiger charge is -2.32. The zero-order valence-electron chi connectivity index (χ0n) is 22.0. The zero-order chi connectivity index (χ0) is 27.8. The van der Waals surface area contributed by atoms with Crippen LogP contribution in [0.1, 0.15) is 22.3 Å². The van der Waals surface area contributed by atoms with Crippen molar-refractivity contribution >= 4 is 5.78 Å². The van der Waals surface area contributed by atoms with E-state index < -0.39 is 24.9 Å². The maximum Gasteiger partial charge on any atom is 0.189 e. The van der Waals surface area contributed by atoms with Gasteiger partial charge in [0.1, 0.15) is 24.9 Å². The second-order valence-corrected chi connectivity index (χ2v) is 8.94. The van der Waals surface area contributed by atoms with Crippen molar-refractivity contribution < 1.29 is 28.8 Å². The largest absolute Gasteiger partial charge is 0.394 e. The number of Topliss-reactive ketones (excluding diaryl/α,β-unsaturated/α-hetero) is 1. The highest BCUT2D eigenvalue weighted by Crippen LogP contribution is 2.19. The number of aliphatic hydroxyl groups excluding tert-OH is 1. The van der Waals surface area contributed by atoms with Crippen LogP contribution in [0.15, 0.2) is 98.1 Å². The van der Waals surface area contributed by atoms with Gasteiger partial charge in [0.15, 0.2) is 5.78 Å². The van der Waals surface area contributed by atoms with Crippen molar-refractivity contribution in [1.82, 2.24) is 19.9 Å². The van der Waals surface area contributed by atoms with Crippen LogP contribution in [0.3, 0.4) is 0 Å². The van der Waals surface area contributed by atoms with E-state index in [9.17, 15) is 9.90 Å². The average molecular weight is 545 g/mol. The standard InChI is InChI=1S/C30H32N4O6/c35-17-28(38-19-24-6-2-10-32-14-24)30(40-21-26-8-4-12-34-16-26)29(39-20-25-7-3-11-33-15-25)27(36)22-37-18-23-5-1-9-31-13-23/h1-16,28-30,35H,17-22H2/t28-,29-,30-/m1/s1. The van der Waals surface area contributed by atoms with Crippen LogP contribution in [0.2, 0.25) is 0 Å². The highest BCUT2D eigenvalue weighted by molar-refractivity contribution is 5.85. The first kappa shape index (κ1) is 29.1. The average Bonchev–Trinajstić information content (AvgIpc) is 3.01. The predicted octanol–water partition coefficient (Wildman–Crippen LogP) is 3.10. The Balaban J connectivity index is 1.53. The molecular formula is C30H32N4O6. The van der Waals surface area contributed by atoms with Gasteiger partial charge < -0.3 is 24.1 Å². The molecule has 10 heteroatoms. The van der Waals surface area contributed by atoms with Crippen molar-refractivity contribution in [2.45, 2.75) is 44.7 Å². The molecule has 0 aliphatic carbocycles. The van der Waals surface area contributed by atoms with Crippen LogP contribution in [0, 0.1) is 0 Å². The van der Waals surface area contributed by atoms with Crippen LogP contribution in [0.5, 0.6) is 0 Å². The molecule has 0 saturated heterocycles. The Morgan fingerprint density at radius 3 is 1.55 bits per heavy atom. The maximum atomic E-state index is 13.6. The minimum atomic E-state index is -1.11. The fourth-order valence-electron chi connectivity index (χ4n) is 3.88. The zero-order valence-corrected chi connectivity index (χ0v) is 22.0. The second-order valence-electron chi connectivity index (χ2n) is 8.94. The van der Waals surface area contributed by atoms with Crippen LogP contribution in [0.25, 0.3) is 0 Å². The molecule has 0 amide bonds. The Labute approximate surface area is 233 Å². The van der Waals surface area contributed by atoms with E-state index >= 15 is 0 Å². The number of aliphatic hydroxyl groups is 1. The minimum Gasteiger partial charge on any atom is -0.394 e. The van der Waals surface area contributed by atoms with Crippen LogP contribution in [0.4, 0.5) is 0 Å². The molecule has 0 unspecified atom stereocenters. The summed E-state index contributed by atoms with van der Waals surface area (Å²) in [5.41, 5.74) is 3.22. The van der Waals surface area contributed by atoms with Crippen molar-refractivity contribution in [3.05, 3.63) is 120 Å². The Morgan fingerprint density at radius 2 is 1.10 bits per heavy atom. The molecule has 0 aliphatic heterocycles. The number of hydrogen-bond acceptors (Lipinski definition) is 10. The summed E-state index contributed by atoms with van der Waals surface area (Å²) in [6.07, 6.45) is 10.4. The van der Waals surface area contributed by atoms with Crippen molar-refractivity contribution in [1.29, 1.82) is 0 Å². The molecule has 0 aromatic carbocycles. The van der Waals surface area contributed by atoms with Gasteiger partial charge in [-0.05, 0) is 46.5 Å². The fraction of sp³-hybridized carbons (Fsp3) is 0.300. The van der Waals surface area contributed by atoms with Crippen LogP contribution < -0.4 is 0 Å². The third-order valence-corrected chi connectivity index (χ3v) is 5.90. The highest BCUT2D eigenvalue weighted by atomic mass is 16.6. The van der Waals surface area contributed by atoms with Gasteiger partial charge in [0.2, 0.25) is 0 Å². The van der Waals surface area contributed by atoms with Crippen molar-refractivity contribution in [3.63, 3.8) is 0 Å². The first-order valence-corrected chi connectivity index (χ1v) is 12.8. The monoisotopic (exact) mass is 544 g/mol. The number of rotatable bonds is 17. The quantitative estimate of drug-likeness (QED) is 0.212. The number of ether oxygens (including phenoxy) is 4. The summed E-state index contributed by atoms with van der Waals surface area (Å²) in [6.45, 7) is -0.0548. The molecule has 4 heterocycles. The molecule has 0 saturated carbocycles. The molecule has 3 atom stereocenters. The topological polar surface area (TPSA) is 126 Å². The van der Waals surface area contributed by atoms with Gasteiger partial charge in [0, 0.05) is 49.6 Å². The predicted molar refractivity (Wildman–Crippen MR) is 144 cm³/mol. The van der Waals surface area contributed by atoms with E-state index in [0.29, 0.717) is 0 Å². The summed E-state index contributed by atoms with van der Waals surface area (Å²) in [5, 5.41) is 10.4. The summed E-state index contributed by atoms with van der Waals surface area (Å²) in [6, 6.07) is 14.6. The highest BCUT2D eigenvalue weighted by Gasteiger charge is 2.37. The number of pyridine rings is 4. The lowest BCUT2D eigenvalue weighted by Crippen LogP contribution is -2.49. The van der Waals surface area contributed by atoms with Crippen molar-refractivity contribution in [3.8, 4) is 0 Å². The van der Waals surface area contributed by atoms with Gasteiger partial charge in [0.05, 0.1) is 33.0 Å². The summed E-state index contributed by atoms with van der Waals surface area (Å²) in [5.74, 6) is -0.354. The van der Waals surface area contributed by atoms with Crippen LogP contribution in [-0.4, -0.2) is 62.4 Å². The van der Waals surface area contributed by atoms with E-state index in [1.165, 1.54) is 0 Å². The molecule has 0 aliphatic rings. The second kappa shape index (κ2) is 16.2. The van der Waals surface area contributed by atoms with E-state index in [4.69, 9.17) is 18.9 Å². The Bertz CT molecular complexity index is 1250. The summed E-state index contributed by atoms with van der Waals surface area (Å²) in [4.78, 5) is 30.0. The first-order valence-electron chi connectivity index (χ1n) is 12.8. The number of hydrogen-bond donors (Lipinski definition) is 1. The normalized spacial score (nSPS) is 13.4. The third-order valence-electron chi connectivity index (χ3n) is 5.90. The third kappa shape index (κ3) is 9.37. The summed E-state index contributed by atoms with van der Waals surface area (Å²) < 4.78 is 24.2. The van der Waals surface area contributed by atoms with E-state index in [2.05, 4.69) is 19.9 Å². The van der Waals surface area contributed by atoms with E-state index in [1.807, 2.05) is 24.3 Å². The van der Waals surface area contributed by atoms with Crippen molar-refractivity contribution in [2.24, 2.45) is 0 Å². The molecule has 40 heavy (non-hydrogen) atoms. The van der Waals surface area contributed by atoms with Gasteiger partial charge in [-0.1, -0.05) is 24.3 Å². The number of aromatic nitrogens is 4. The van der Waals surface area contributed by atoms with Gasteiger partial charge in [-0.3, -0.25) is 24.7 Å². The number of carbonyl (C=O) groups is 1. The molecule has 0 bridgehead atoms. The first-order chi connectivity index (χ1) is 19.7. The lowest BCUT2D eigenvalue weighted by molar-refractivity contribution is -0.175. The summed E-state index contributed by atoms with van der Waals surface area (Å²) in [7, 11) is 0. The summed E-state index contributed by atoms with van der Waals surface area (Å²) >= 11 is 0. The molecule has 0 fully saturated rings.